The molecule has 0 unspecified atom stereocenters. The minimum Gasteiger partial charge on any atom is -0.507 e. The molecule has 1 atom stereocenters. The average molecular weight is 560 g/mol. The zero-order valence-corrected chi connectivity index (χ0v) is 22.7. The molecule has 5 rings (SSSR count). The third-order valence-corrected chi connectivity index (χ3v) is 7.09. The van der Waals surface area contributed by atoms with Crippen molar-refractivity contribution in [3.63, 3.8) is 0 Å². The van der Waals surface area contributed by atoms with Crippen LogP contribution in [0.3, 0.4) is 0 Å². The number of urea groups is 1. The number of aliphatic hydroxyl groups is 1. The molecule has 3 aromatic carbocycles. The highest BCUT2D eigenvalue weighted by Crippen LogP contribution is 2.37. The van der Waals surface area contributed by atoms with Gasteiger partial charge < -0.3 is 26.0 Å². The van der Waals surface area contributed by atoms with Gasteiger partial charge in [-0.3, -0.25) is 0 Å². The maximum Gasteiger partial charge on any atom is 0.315 e. The smallest absolute Gasteiger partial charge is 0.315 e. The Kier molecular flexibility index (Phi) is 7.63. The van der Waals surface area contributed by atoms with Crippen LogP contribution < -0.4 is 16.0 Å². The first kappa shape index (κ1) is 26.4. The van der Waals surface area contributed by atoms with E-state index >= 15 is 0 Å². The molecular weight excluding hydrogens is 533 g/mol. The van der Waals surface area contributed by atoms with E-state index in [1.54, 1.807) is 19.1 Å². The summed E-state index contributed by atoms with van der Waals surface area (Å²) in [6.07, 6.45) is 0.494. The summed E-state index contributed by atoms with van der Waals surface area (Å²) >= 11 is 12.7. The van der Waals surface area contributed by atoms with Crippen LogP contribution in [0.25, 0.3) is 17.0 Å². The number of amides is 2. The molecule has 1 aliphatic heterocycles. The number of nitrogens with zero attached hydrogens (tertiary/aromatic N) is 1. The molecule has 0 saturated heterocycles. The van der Waals surface area contributed by atoms with Gasteiger partial charge in [0.15, 0.2) is 0 Å². The Morgan fingerprint density at radius 2 is 1.82 bits per heavy atom. The number of imidazole rings is 1. The fourth-order valence-corrected chi connectivity index (χ4v) is 4.89. The third-order valence-electron chi connectivity index (χ3n) is 6.58. The monoisotopic (exact) mass is 559 g/mol. The van der Waals surface area contributed by atoms with Crippen molar-refractivity contribution >= 4 is 40.7 Å². The normalized spacial score (nSPS) is 13.5. The fourth-order valence-electron chi connectivity index (χ4n) is 4.43. The van der Waals surface area contributed by atoms with Crippen molar-refractivity contribution in [1.29, 1.82) is 0 Å². The van der Waals surface area contributed by atoms with Crippen molar-refractivity contribution in [2.45, 2.75) is 25.9 Å². The van der Waals surface area contributed by atoms with Crippen molar-refractivity contribution in [1.82, 2.24) is 20.6 Å². The van der Waals surface area contributed by atoms with Crippen LogP contribution in [0.4, 0.5) is 10.5 Å². The molecule has 0 bridgehead atoms. The topological polar surface area (TPSA) is 102 Å². The number of aromatic amines is 1. The van der Waals surface area contributed by atoms with Crippen LogP contribution in [0.5, 0.6) is 0 Å². The van der Waals surface area contributed by atoms with E-state index in [0.29, 0.717) is 51.5 Å². The van der Waals surface area contributed by atoms with Gasteiger partial charge >= 0.3 is 6.03 Å². The number of aromatic nitrogens is 2. The fraction of sp³-hybridized carbons (Fsp3) is 0.133. The van der Waals surface area contributed by atoms with Crippen molar-refractivity contribution in [2.75, 3.05) is 5.32 Å². The number of aliphatic hydroxyl groups excluding tert-OH is 1. The second kappa shape index (κ2) is 11.3. The van der Waals surface area contributed by atoms with Crippen molar-refractivity contribution < 1.29 is 9.90 Å². The summed E-state index contributed by atoms with van der Waals surface area (Å²) in [4.78, 5) is 20.8. The third kappa shape index (κ3) is 5.95. The predicted molar refractivity (Wildman–Crippen MR) is 157 cm³/mol. The van der Waals surface area contributed by atoms with Gasteiger partial charge in [0.2, 0.25) is 0 Å². The van der Waals surface area contributed by atoms with Crippen LogP contribution in [-0.2, 0) is 13.0 Å². The maximum atomic E-state index is 12.9. The molecule has 198 valence electrons. The summed E-state index contributed by atoms with van der Waals surface area (Å²) in [7, 11) is 0. The molecule has 9 heteroatoms. The summed E-state index contributed by atoms with van der Waals surface area (Å²) in [6.45, 7) is 6.06. The summed E-state index contributed by atoms with van der Waals surface area (Å²) in [5.74, 6) is 0.666. The van der Waals surface area contributed by atoms with Crippen LogP contribution >= 0.6 is 23.2 Å². The van der Waals surface area contributed by atoms with Gasteiger partial charge in [0.25, 0.3) is 0 Å². The van der Waals surface area contributed by atoms with E-state index in [1.165, 1.54) is 0 Å². The highest BCUT2D eigenvalue weighted by molar-refractivity contribution is 6.32. The van der Waals surface area contributed by atoms with E-state index < -0.39 is 6.04 Å². The number of allylic oxidation sites excluding steroid dienone is 1. The number of anilines is 1. The van der Waals surface area contributed by atoms with Crippen LogP contribution in [0.15, 0.2) is 90.6 Å². The molecule has 7 nitrogen and oxygen atoms in total. The van der Waals surface area contributed by atoms with Crippen LogP contribution in [-0.4, -0.2) is 21.1 Å². The van der Waals surface area contributed by atoms with E-state index in [2.05, 4.69) is 27.5 Å². The maximum absolute atomic E-state index is 12.9. The van der Waals surface area contributed by atoms with Crippen molar-refractivity contribution in [3.05, 3.63) is 123 Å². The van der Waals surface area contributed by atoms with E-state index in [9.17, 15) is 9.90 Å². The highest BCUT2D eigenvalue weighted by Gasteiger charge is 2.24. The Bertz CT molecular complexity index is 1580. The summed E-state index contributed by atoms with van der Waals surface area (Å²) in [5.41, 5.74) is 5.86. The first-order valence-electron chi connectivity index (χ1n) is 12.4. The summed E-state index contributed by atoms with van der Waals surface area (Å²) in [6, 6.07) is 21.9. The number of carbonyl (C=O) groups is 1. The Morgan fingerprint density at radius 1 is 1.05 bits per heavy atom. The van der Waals surface area contributed by atoms with Crippen LogP contribution in [0, 0.1) is 0 Å². The van der Waals surface area contributed by atoms with Gasteiger partial charge in [-0.15, -0.1) is 0 Å². The zero-order valence-electron chi connectivity index (χ0n) is 21.2. The number of nitrogens with one attached hydrogen (secondary N) is 4. The first-order valence-corrected chi connectivity index (χ1v) is 13.1. The molecule has 2 amide bonds. The molecule has 0 radical (unpaired) electrons. The predicted octanol–water partition coefficient (Wildman–Crippen LogP) is 7.39. The largest absolute Gasteiger partial charge is 0.507 e. The Hall–Kier alpha value is -4.20. The molecule has 1 aliphatic rings. The lowest BCUT2D eigenvalue weighted by atomic mass is 9.98. The molecular formula is C30H27Cl2N5O2. The number of halogens is 2. The lowest BCUT2D eigenvalue weighted by Crippen LogP contribution is -2.38. The lowest BCUT2D eigenvalue weighted by molar-refractivity contribution is 0.236. The SMILES string of the molecule is C=C1Nc2ccc(-c3nc([C@H](Cc4ccccc4)NC(=O)NCc4cccc(Cl)c4)[nH]c3Cl)cc2C(O)=C1C. The van der Waals surface area contributed by atoms with Gasteiger partial charge in [0.05, 0.1) is 6.04 Å². The van der Waals surface area contributed by atoms with Gasteiger partial charge in [0.1, 0.15) is 22.4 Å². The number of carbonyl (C=O) groups excluding carboxylic acids is 1. The number of fused-ring (bicyclic) bond motifs is 1. The van der Waals surface area contributed by atoms with Crippen LogP contribution in [0.2, 0.25) is 10.2 Å². The standard InChI is InChI=1S/C30H27Cl2N5O2/c1-17-18(2)34-24-12-11-21(15-23(24)27(17)38)26-28(32)37-29(36-26)25(14-19-7-4-3-5-8-19)35-30(39)33-16-20-9-6-10-22(31)13-20/h3-13,15,25,34,38H,2,14,16H2,1H3,(H,36,37)(H2,33,35,39)/t25-/m0/s1. The first-order chi connectivity index (χ1) is 18.8. The lowest BCUT2D eigenvalue weighted by Gasteiger charge is -2.22. The van der Waals surface area contributed by atoms with E-state index in [-0.39, 0.29) is 11.8 Å². The van der Waals surface area contributed by atoms with Gasteiger partial charge in [-0.2, -0.15) is 0 Å². The number of benzene rings is 3. The molecule has 0 aliphatic carbocycles. The minimum atomic E-state index is -0.490. The Labute approximate surface area is 236 Å². The van der Waals surface area contributed by atoms with Gasteiger partial charge in [-0.1, -0.05) is 78.3 Å². The second-order valence-corrected chi connectivity index (χ2v) is 10.1. The highest BCUT2D eigenvalue weighted by atomic mass is 35.5. The molecule has 0 fully saturated rings. The molecule has 39 heavy (non-hydrogen) atoms. The number of rotatable bonds is 7. The zero-order chi connectivity index (χ0) is 27.5. The molecule has 0 spiro atoms. The van der Waals surface area contributed by atoms with E-state index in [0.717, 1.165) is 22.4 Å². The second-order valence-electron chi connectivity index (χ2n) is 9.32. The van der Waals surface area contributed by atoms with E-state index in [4.69, 9.17) is 28.2 Å². The molecule has 5 N–H and O–H groups in total. The minimum absolute atomic E-state index is 0.155. The molecule has 0 saturated carbocycles. The van der Waals surface area contributed by atoms with Gasteiger partial charge in [-0.25, -0.2) is 9.78 Å². The molecule has 1 aromatic heterocycles. The summed E-state index contributed by atoms with van der Waals surface area (Å²) < 4.78 is 0. The van der Waals surface area contributed by atoms with Gasteiger partial charge in [-0.05, 0) is 48.7 Å². The molecule has 2 heterocycles. The van der Waals surface area contributed by atoms with E-state index in [1.807, 2.05) is 60.7 Å². The Balaban J connectivity index is 1.41. The van der Waals surface area contributed by atoms with Gasteiger partial charge in [0, 0.05) is 39.7 Å². The Morgan fingerprint density at radius 3 is 2.59 bits per heavy atom. The van der Waals surface area contributed by atoms with Crippen molar-refractivity contribution in [3.8, 4) is 11.3 Å². The average Bonchev–Trinajstić information content (AvgIpc) is 3.32. The number of hydrogen-bond acceptors (Lipinski definition) is 4. The van der Waals surface area contributed by atoms with Crippen LogP contribution in [0.1, 0.15) is 35.5 Å². The number of hydrogen-bond donors (Lipinski definition) is 5. The quantitative estimate of drug-likeness (QED) is 0.163. The molecule has 4 aromatic rings. The van der Waals surface area contributed by atoms with Crippen molar-refractivity contribution in [2.24, 2.45) is 0 Å². The number of H-pyrrole nitrogens is 1. The summed E-state index contributed by atoms with van der Waals surface area (Å²) in [5, 5.41) is 20.7.